The summed E-state index contributed by atoms with van der Waals surface area (Å²) in [5.41, 5.74) is 13.9. The van der Waals surface area contributed by atoms with Gasteiger partial charge in [-0.2, -0.15) is 0 Å². The van der Waals surface area contributed by atoms with E-state index in [0.717, 1.165) is 6.42 Å². The van der Waals surface area contributed by atoms with Gasteiger partial charge in [0.05, 0.1) is 0 Å². The third-order valence-electron chi connectivity index (χ3n) is 9.04. The van der Waals surface area contributed by atoms with Crippen molar-refractivity contribution in [2.45, 2.75) is 25.7 Å². The second-order valence-electron chi connectivity index (χ2n) is 11.2. The van der Waals surface area contributed by atoms with Gasteiger partial charge in [-0.15, -0.1) is 0 Å². The molecule has 0 spiro atoms. The summed E-state index contributed by atoms with van der Waals surface area (Å²) >= 11 is 0.307. The van der Waals surface area contributed by atoms with Crippen molar-refractivity contribution >= 4 is 74.9 Å². The van der Waals surface area contributed by atoms with E-state index in [1.807, 2.05) is 0 Å². The molecule has 0 bridgehead atoms. The number of aromatic nitrogens is 1. The number of anilines is 3. The van der Waals surface area contributed by atoms with Gasteiger partial charge in [0.2, 0.25) is 0 Å². The fourth-order valence-corrected chi connectivity index (χ4v) is 9.85. The maximum absolute atomic E-state index is 2.57. The maximum atomic E-state index is 2.57. The second kappa shape index (κ2) is 8.76. The van der Waals surface area contributed by atoms with Crippen LogP contribution in [0, 0.1) is 0 Å². The normalized spacial score (nSPS) is 14.9. The predicted octanol–water partition coefficient (Wildman–Crippen LogP) is 4.78. The van der Waals surface area contributed by atoms with Crippen molar-refractivity contribution in [3.05, 3.63) is 127 Å². The SMILES string of the molecule is c1ccc(N2c3cc(-n4c5c(c6ccccc64)CCCC5)ccc3B3c4ccccc4[Se]c4cccc2c43)cc1. The minimum absolute atomic E-state index is 0.261. The van der Waals surface area contributed by atoms with Crippen LogP contribution in [-0.4, -0.2) is 26.2 Å². The van der Waals surface area contributed by atoms with Crippen LogP contribution in [0.25, 0.3) is 16.6 Å². The van der Waals surface area contributed by atoms with Crippen LogP contribution in [0.15, 0.2) is 115 Å². The first-order chi connectivity index (χ1) is 19.9. The molecule has 2 aliphatic heterocycles. The number of para-hydroxylation sites is 2. The van der Waals surface area contributed by atoms with E-state index < -0.39 is 0 Å². The Balaban J connectivity index is 1.34. The molecule has 0 N–H and O–H groups in total. The topological polar surface area (TPSA) is 8.17 Å². The number of rotatable bonds is 2. The van der Waals surface area contributed by atoms with Crippen molar-refractivity contribution in [1.82, 2.24) is 4.57 Å². The minimum atomic E-state index is 0.261. The molecule has 0 amide bonds. The molecule has 3 aliphatic rings. The quantitative estimate of drug-likeness (QED) is 0.269. The molecule has 6 aromatic rings. The van der Waals surface area contributed by atoms with Gasteiger partial charge in [-0.05, 0) is 0 Å². The zero-order valence-corrected chi connectivity index (χ0v) is 23.9. The van der Waals surface area contributed by atoms with Crippen LogP contribution in [0.5, 0.6) is 0 Å². The van der Waals surface area contributed by atoms with Gasteiger partial charge in [0.25, 0.3) is 0 Å². The fraction of sp³-hybridized carbons (Fsp3) is 0.111. The van der Waals surface area contributed by atoms with Crippen molar-refractivity contribution in [3.8, 4) is 5.69 Å². The molecule has 0 atom stereocenters. The van der Waals surface area contributed by atoms with E-state index in [4.69, 9.17) is 0 Å². The van der Waals surface area contributed by atoms with Crippen LogP contribution < -0.4 is 30.2 Å². The van der Waals surface area contributed by atoms with Crippen molar-refractivity contribution in [2.75, 3.05) is 4.90 Å². The van der Waals surface area contributed by atoms with Crippen LogP contribution >= 0.6 is 0 Å². The van der Waals surface area contributed by atoms with E-state index in [0.29, 0.717) is 15.0 Å². The fourth-order valence-electron chi connectivity index (χ4n) is 7.40. The summed E-state index contributed by atoms with van der Waals surface area (Å²) in [6, 6.07) is 43.4. The second-order valence-corrected chi connectivity index (χ2v) is 13.4. The molecule has 2 nitrogen and oxygen atoms in total. The van der Waals surface area contributed by atoms with E-state index in [2.05, 4.69) is 125 Å². The molecule has 9 rings (SSSR count). The predicted molar refractivity (Wildman–Crippen MR) is 171 cm³/mol. The average Bonchev–Trinajstić information content (AvgIpc) is 3.35. The van der Waals surface area contributed by atoms with Gasteiger partial charge in [0.1, 0.15) is 0 Å². The Morgan fingerprint density at radius 3 is 2.35 bits per heavy atom. The Labute approximate surface area is 241 Å². The Kier molecular flexibility index (Phi) is 4.99. The van der Waals surface area contributed by atoms with Crippen LogP contribution in [-0.2, 0) is 12.8 Å². The molecule has 0 radical (unpaired) electrons. The number of aryl methyl sites for hydroxylation is 1. The number of hydrogen-bond acceptors (Lipinski definition) is 1. The van der Waals surface area contributed by atoms with Gasteiger partial charge in [-0.3, -0.25) is 0 Å². The molecule has 40 heavy (non-hydrogen) atoms. The number of hydrogen-bond donors (Lipinski definition) is 0. The van der Waals surface area contributed by atoms with Gasteiger partial charge >= 0.3 is 242 Å². The van der Waals surface area contributed by atoms with Crippen LogP contribution in [0.3, 0.4) is 0 Å². The first kappa shape index (κ1) is 22.8. The Bertz CT molecular complexity index is 1960. The summed E-state index contributed by atoms with van der Waals surface area (Å²) in [4.78, 5) is 2.52. The molecule has 1 aliphatic carbocycles. The number of nitrogens with zero attached hydrogens (tertiary/aromatic N) is 2. The van der Waals surface area contributed by atoms with Gasteiger partial charge < -0.3 is 0 Å². The van der Waals surface area contributed by atoms with Crippen molar-refractivity contribution in [2.24, 2.45) is 0 Å². The summed E-state index contributed by atoms with van der Waals surface area (Å²) < 4.78 is 5.59. The third kappa shape index (κ3) is 3.18. The third-order valence-corrected chi connectivity index (χ3v) is 11.5. The van der Waals surface area contributed by atoms with E-state index in [9.17, 15) is 0 Å². The molecular formula is C36H27BN2Se. The van der Waals surface area contributed by atoms with Crippen molar-refractivity contribution in [1.29, 1.82) is 0 Å². The van der Waals surface area contributed by atoms with Gasteiger partial charge in [-0.1, -0.05) is 0 Å². The average molecular weight is 577 g/mol. The van der Waals surface area contributed by atoms with E-state index in [1.165, 1.54) is 83.9 Å². The van der Waals surface area contributed by atoms with Crippen LogP contribution in [0.4, 0.5) is 17.1 Å². The summed E-state index contributed by atoms with van der Waals surface area (Å²) in [5, 5.41) is 1.42. The molecule has 190 valence electrons. The summed E-state index contributed by atoms with van der Waals surface area (Å²) in [7, 11) is 0. The molecule has 0 unspecified atom stereocenters. The molecule has 4 heteroatoms. The van der Waals surface area contributed by atoms with Gasteiger partial charge in [0, 0.05) is 0 Å². The summed E-state index contributed by atoms with van der Waals surface area (Å²) in [5.74, 6) is 0. The molecular weight excluding hydrogens is 550 g/mol. The monoisotopic (exact) mass is 578 g/mol. The molecule has 0 saturated carbocycles. The molecule has 0 saturated heterocycles. The van der Waals surface area contributed by atoms with Gasteiger partial charge in [0.15, 0.2) is 0 Å². The standard InChI is InChI=1S/C36H27BN2Se/c1-2-11-24(12-3-1)38-32-18-10-20-35-36(32)37(29-15-6-9-19-34(29)40-35)28-22-21-25(23-33(28)38)39-30-16-7-4-13-26(30)27-14-5-8-17-31(27)39/h1-4,6-7,9-13,15-16,18-23H,5,8,14,17H2. The van der Waals surface area contributed by atoms with Gasteiger partial charge in [-0.25, -0.2) is 0 Å². The summed E-state index contributed by atoms with van der Waals surface area (Å²) in [6.07, 6.45) is 4.88. The van der Waals surface area contributed by atoms with Crippen LogP contribution in [0.1, 0.15) is 24.1 Å². The van der Waals surface area contributed by atoms with E-state index >= 15 is 0 Å². The molecule has 3 heterocycles. The van der Waals surface area contributed by atoms with Crippen molar-refractivity contribution < 1.29 is 0 Å². The Morgan fingerprint density at radius 2 is 1.40 bits per heavy atom. The molecule has 5 aromatic carbocycles. The van der Waals surface area contributed by atoms with E-state index in [-0.39, 0.29) is 6.71 Å². The summed E-state index contributed by atoms with van der Waals surface area (Å²) in [6.45, 7) is 0.261. The van der Waals surface area contributed by atoms with Crippen molar-refractivity contribution in [3.63, 3.8) is 0 Å². The number of benzene rings is 5. The number of fused-ring (bicyclic) bond motifs is 7. The zero-order valence-electron chi connectivity index (χ0n) is 22.2. The zero-order chi connectivity index (χ0) is 26.2. The Morgan fingerprint density at radius 1 is 0.600 bits per heavy atom. The first-order valence-electron chi connectivity index (χ1n) is 14.4. The Hall–Kier alpha value is -3.98. The van der Waals surface area contributed by atoms with Crippen LogP contribution in [0.2, 0.25) is 0 Å². The molecule has 0 fully saturated rings. The van der Waals surface area contributed by atoms with E-state index in [1.54, 1.807) is 5.56 Å². The molecule has 1 aromatic heterocycles. The first-order valence-corrected chi connectivity index (χ1v) is 16.1.